The smallest absolute Gasteiger partial charge is 0.143 e. The number of para-hydroxylation sites is 1. The van der Waals surface area contributed by atoms with E-state index >= 15 is 0 Å². The first-order valence-corrected chi connectivity index (χ1v) is 18.8. The summed E-state index contributed by atoms with van der Waals surface area (Å²) in [5, 5.41) is 9.60. The Kier molecular flexibility index (Phi) is 6.76. The Bertz CT molecular complexity index is 3200. The summed E-state index contributed by atoms with van der Waals surface area (Å²) in [5.74, 6) is 0. The van der Waals surface area contributed by atoms with Crippen molar-refractivity contribution in [2.45, 2.75) is 0 Å². The minimum Gasteiger partial charge on any atom is -0.455 e. The SMILES string of the molecule is c1cc(-c2cccc3ccccc23)cc(N(c2ccc3sc4ccccc4c3c2)c2ccccc2-c2cccc3oc4c5ccccc5ccc4c23)c1. The van der Waals surface area contributed by atoms with Gasteiger partial charge in [-0.1, -0.05) is 133 Å². The average Bonchev–Trinajstić information content (AvgIpc) is 3.80. The molecular weight excluding hydrogens is 663 g/mol. The topological polar surface area (TPSA) is 16.4 Å². The van der Waals surface area contributed by atoms with Gasteiger partial charge < -0.3 is 9.32 Å². The first kappa shape index (κ1) is 30.0. The molecule has 0 amide bonds. The molecule has 0 saturated heterocycles. The van der Waals surface area contributed by atoms with Crippen LogP contribution in [0, 0.1) is 0 Å². The second-order valence-electron chi connectivity index (χ2n) is 13.7. The molecule has 9 aromatic carbocycles. The minimum atomic E-state index is 0.888. The van der Waals surface area contributed by atoms with Crippen LogP contribution in [0.5, 0.6) is 0 Å². The maximum atomic E-state index is 6.67. The van der Waals surface area contributed by atoms with Gasteiger partial charge in [-0.2, -0.15) is 0 Å². The van der Waals surface area contributed by atoms with E-state index in [1.807, 2.05) is 11.3 Å². The molecule has 11 rings (SSSR count). The first-order chi connectivity index (χ1) is 26.3. The fraction of sp³-hybridized carbons (Fsp3) is 0. The number of hydrogen-bond acceptors (Lipinski definition) is 3. The second-order valence-corrected chi connectivity index (χ2v) is 14.7. The van der Waals surface area contributed by atoms with Crippen LogP contribution in [-0.2, 0) is 0 Å². The monoisotopic (exact) mass is 693 g/mol. The van der Waals surface area contributed by atoms with E-state index in [0.717, 1.165) is 55.5 Å². The number of anilines is 3. The standard InChI is InChI=1S/C50H31NOS/c1-3-17-37-32(12-1)14-10-21-38(37)34-15-9-16-35(30-34)51(36-27-29-48-44(31-36)41-20-6-8-25-47(41)53-48)45-23-7-5-19-40(45)42-22-11-24-46-49(42)43-28-26-33-13-2-4-18-39(33)50(43)52-46/h1-31H. The summed E-state index contributed by atoms with van der Waals surface area (Å²) in [4.78, 5) is 2.44. The van der Waals surface area contributed by atoms with E-state index in [1.165, 1.54) is 47.5 Å². The second kappa shape index (κ2) is 11.9. The van der Waals surface area contributed by atoms with Crippen LogP contribution in [0.4, 0.5) is 17.1 Å². The minimum absolute atomic E-state index is 0.888. The summed E-state index contributed by atoms with van der Waals surface area (Å²) in [7, 11) is 0. The van der Waals surface area contributed by atoms with Gasteiger partial charge in [-0.15, -0.1) is 11.3 Å². The van der Waals surface area contributed by atoms with E-state index < -0.39 is 0 Å². The number of benzene rings is 9. The molecule has 0 aliphatic rings. The maximum Gasteiger partial charge on any atom is 0.143 e. The molecule has 2 aromatic heterocycles. The van der Waals surface area contributed by atoms with E-state index in [9.17, 15) is 0 Å². The van der Waals surface area contributed by atoms with Crippen molar-refractivity contribution in [3.8, 4) is 22.3 Å². The normalized spacial score (nSPS) is 11.8. The number of furan rings is 1. The summed E-state index contributed by atoms with van der Waals surface area (Å²) in [6, 6.07) is 68.1. The molecule has 11 aromatic rings. The van der Waals surface area contributed by atoms with Gasteiger partial charge in [-0.05, 0) is 87.4 Å². The molecule has 0 unspecified atom stereocenters. The highest BCUT2D eigenvalue weighted by Gasteiger charge is 2.22. The van der Waals surface area contributed by atoms with Crippen molar-refractivity contribution >= 4 is 92.1 Å². The highest BCUT2D eigenvalue weighted by atomic mass is 32.1. The largest absolute Gasteiger partial charge is 0.455 e. The van der Waals surface area contributed by atoms with Crippen LogP contribution in [-0.4, -0.2) is 0 Å². The molecule has 0 aliphatic heterocycles. The third-order valence-electron chi connectivity index (χ3n) is 10.6. The summed E-state index contributed by atoms with van der Waals surface area (Å²) < 4.78 is 9.25. The molecule has 0 spiro atoms. The van der Waals surface area contributed by atoms with Crippen LogP contribution >= 0.6 is 11.3 Å². The van der Waals surface area contributed by atoms with Crippen molar-refractivity contribution in [2.24, 2.45) is 0 Å². The quantitative estimate of drug-likeness (QED) is 0.178. The Labute approximate surface area is 310 Å². The summed E-state index contributed by atoms with van der Waals surface area (Å²) in [5.41, 5.74) is 9.80. The molecule has 0 atom stereocenters. The number of hydrogen-bond donors (Lipinski definition) is 0. The van der Waals surface area contributed by atoms with Crippen molar-refractivity contribution in [1.82, 2.24) is 0 Å². The lowest BCUT2D eigenvalue weighted by atomic mass is 9.95. The Hall–Kier alpha value is -6.68. The van der Waals surface area contributed by atoms with Crippen molar-refractivity contribution in [1.29, 1.82) is 0 Å². The Morgan fingerprint density at radius 1 is 0.396 bits per heavy atom. The molecule has 248 valence electrons. The maximum absolute atomic E-state index is 6.67. The van der Waals surface area contributed by atoms with Crippen LogP contribution in [0.1, 0.15) is 0 Å². The summed E-state index contributed by atoms with van der Waals surface area (Å²) >= 11 is 1.85. The molecule has 0 bridgehead atoms. The Morgan fingerprint density at radius 3 is 1.98 bits per heavy atom. The number of nitrogens with zero attached hydrogens (tertiary/aromatic N) is 1. The van der Waals surface area contributed by atoms with E-state index in [-0.39, 0.29) is 0 Å². The zero-order chi connectivity index (χ0) is 34.9. The molecule has 2 heterocycles. The van der Waals surface area contributed by atoms with Crippen molar-refractivity contribution in [3.63, 3.8) is 0 Å². The molecule has 2 nitrogen and oxygen atoms in total. The fourth-order valence-corrected chi connectivity index (χ4v) is 9.33. The Morgan fingerprint density at radius 2 is 1.06 bits per heavy atom. The average molecular weight is 694 g/mol. The summed E-state index contributed by atoms with van der Waals surface area (Å²) in [6.07, 6.45) is 0. The summed E-state index contributed by atoms with van der Waals surface area (Å²) in [6.45, 7) is 0. The predicted molar refractivity (Wildman–Crippen MR) is 227 cm³/mol. The van der Waals surface area contributed by atoms with Gasteiger partial charge in [0.1, 0.15) is 11.2 Å². The van der Waals surface area contributed by atoms with Gasteiger partial charge in [0.2, 0.25) is 0 Å². The van der Waals surface area contributed by atoms with Gasteiger partial charge in [0.15, 0.2) is 0 Å². The van der Waals surface area contributed by atoms with Gasteiger partial charge in [-0.25, -0.2) is 0 Å². The molecule has 0 saturated carbocycles. The highest BCUT2D eigenvalue weighted by Crippen LogP contribution is 2.47. The van der Waals surface area contributed by atoms with E-state index in [4.69, 9.17) is 4.42 Å². The molecule has 0 fully saturated rings. The van der Waals surface area contributed by atoms with Crippen LogP contribution in [0.25, 0.3) is 85.9 Å². The van der Waals surface area contributed by atoms with Crippen molar-refractivity contribution in [3.05, 3.63) is 188 Å². The van der Waals surface area contributed by atoms with Crippen LogP contribution < -0.4 is 4.90 Å². The van der Waals surface area contributed by atoms with Crippen molar-refractivity contribution in [2.75, 3.05) is 4.90 Å². The zero-order valence-electron chi connectivity index (χ0n) is 28.7. The van der Waals surface area contributed by atoms with Gasteiger partial charge in [0.25, 0.3) is 0 Å². The number of thiophene rings is 1. The molecular formula is C50H31NOS. The molecule has 0 aliphatic carbocycles. The first-order valence-electron chi connectivity index (χ1n) is 18.0. The molecule has 0 N–H and O–H groups in total. The van der Waals surface area contributed by atoms with Gasteiger partial charge in [-0.3, -0.25) is 0 Å². The van der Waals surface area contributed by atoms with Crippen LogP contribution in [0.3, 0.4) is 0 Å². The Balaban J connectivity index is 1.17. The van der Waals surface area contributed by atoms with Gasteiger partial charge in [0.05, 0.1) is 5.69 Å². The zero-order valence-corrected chi connectivity index (χ0v) is 29.5. The lowest BCUT2D eigenvalue weighted by molar-refractivity contribution is 0.673. The van der Waals surface area contributed by atoms with E-state index in [2.05, 4.69) is 193 Å². The molecule has 3 heteroatoms. The predicted octanol–water partition coefficient (Wildman–Crippen LogP) is 15.1. The lowest BCUT2D eigenvalue weighted by Crippen LogP contribution is -2.11. The highest BCUT2D eigenvalue weighted by molar-refractivity contribution is 7.25. The third kappa shape index (κ3) is 4.78. The molecule has 0 radical (unpaired) electrons. The van der Waals surface area contributed by atoms with Crippen LogP contribution in [0.15, 0.2) is 192 Å². The number of rotatable bonds is 5. The third-order valence-corrected chi connectivity index (χ3v) is 11.8. The van der Waals surface area contributed by atoms with E-state index in [1.54, 1.807) is 0 Å². The van der Waals surface area contributed by atoms with E-state index in [0.29, 0.717) is 0 Å². The van der Waals surface area contributed by atoms with Gasteiger partial charge in [0, 0.05) is 53.3 Å². The van der Waals surface area contributed by atoms with Crippen molar-refractivity contribution < 1.29 is 4.42 Å². The number of fused-ring (bicyclic) bond motifs is 9. The lowest BCUT2D eigenvalue weighted by Gasteiger charge is -2.28. The van der Waals surface area contributed by atoms with Gasteiger partial charge >= 0.3 is 0 Å². The fourth-order valence-electron chi connectivity index (χ4n) is 8.24. The molecule has 53 heavy (non-hydrogen) atoms. The van der Waals surface area contributed by atoms with Crippen LogP contribution in [0.2, 0.25) is 0 Å².